The van der Waals surface area contributed by atoms with Gasteiger partial charge >= 0.3 is 0 Å². The Labute approximate surface area is 126 Å². The minimum atomic E-state index is 0.0431. The van der Waals surface area contributed by atoms with Gasteiger partial charge in [0.1, 0.15) is 0 Å². The first kappa shape index (κ1) is 14.4. The van der Waals surface area contributed by atoms with Crippen molar-refractivity contribution < 1.29 is 4.79 Å². The Morgan fingerprint density at radius 1 is 1.11 bits per heavy atom. The van der Waals surface area contributed by atoms with E-state index in [4.69, 9.17) is 11.6 Å². The number of fused-ring (bicyclic) bond motifs is 1. The van der Waals surface area contributed by atoms with E-state index < -0.39 is 0 Å². The molecule has 100 valence electrons. The number of hydrogen-bond donors (Lipinski definition) is 1. The van der Waals surface area contributed by atoms with Gasteiger partial charge in [-0.3, -0.25) is 4.79 Å². The van der Waals surface area contributed by atoms with Gasteiger partial charge in [-0.15, -0.1) is 11.6 Å². The molecule has 19 heavy (non-hydrogen) atoms. The van der Waals surface area contributed by atoms with Crippen molar-refractivity contribution in [2.45, 2.75) is 19.3 Å². The minimum absolute atomic E-state index is 0.0431. The number of amides is 1. The molecule has 0 atom stereocenters. The van der Waals surface area contributed by atoms with E-state index in [1.165, 1.54) is 0 Å². The molecular weight excluding hydrogens is 326 g/mol. The lowest BCUT2D eigenvalue weighted by Gasteiger charge is -2.06. The molecule has 1 N–H and O–H groups in total. The van der Waals surface area contributed by atoms with Crippen LogP contribution in [0.2, 0.25) is 0 Å². The molecule has 4 heteroatoms. The zero-order chi connectivity index (χ0) is 13.7. The number of carbonyl (C=O) groups is 1. The van der Waals surface area contributed by atoms with Crippen LogP contribution in [0.1, 0.15) is 19.3 Å². The molecule has 0 aromatic heterocycles. The van der Waals surface area contributed by atoms with Crippen LogP contribution in [0.25, 0.3) is 10.8 Å². The van der Waals surface area contributed by atoms with Crippen LogP contribution >= 0.6 is 27.5 Å². The summed E-state index contributed by atoms with van der Waals surface area (Å²) in [6.45, 7) is 0. The van der Waals surface area contributed by atoms with Gasteiger partial charge in [0.25, 0.3) is 0 Å². The number of anilines is 1. The quantitative estimate of drug-likeness (QED) is 0.605. The van der Waals surface area contributed by atoms with Crippen LogP contribution in [-0.2, 0) is 4.79 Å². The highest BCUT2D eigenvalue weighted by molar-refractivity contribution is 9.10. The van der Waals surface area contributed by atoms with Gasteiger partial charge in [0.15, 0.2) is 0 Å². The van der Waals surface area contributed by atoms with Crippen LogP contribution < -0.4 is 5.32 Å². The van der Waals surface area contributed by atoms with Crippen LogP contribution in [0.5, 0.6) is 0 Å². The third-order valence-corrected chi connectivity index (χ3v) is 3.63. The normalized spacial score (nSPS) is 10.6. The Morgan fingerprint density at radius 2 is 1.84 bits per heavy atom. The molecule has 2 nitrogen and oxygen atoms in total. The topological polar surface area (TPSA) is 29.1 Å². The van der Waals surface area contributed by atoms with Gasteiger partial charge in [-0.2, -0.15) is 0 Å². The van der Waals surface area contributed by atoms with Crippen LogP contribution in [0.15, 0.2) is 40.9 Å². The minimum Gasteiger partial charge on any atom is -0.326 e. The SMILES string of the molecule is O=C(CCCCCl)Nc1ccc2cc(Br)ccc2c1. The fourth-order valence-corrected chi connectivity index (χ4v) is 2.47. The fraction of sp³-hybridized carbons (Fsp3) is 0.267. The van der Waals surface area contributed by atoms with E-state index in [-0.39, 0.29) is 5.91 Å². The largest absolute Gasteiger partial charge is 0.326 e. The summed E-state index contributed by atoms with van der Waals surface area (Å²) >= 11 is 9.03. The van der Waals surface area contributed by atoms with Crippen molar-refractivity contribution >= 4 is 49.9 Å². The Morgan fingerprint density at radius 3 is 2.63 bits per heavy atom. The van der Waals surface area contributed by atoms with Gasteiger partial charge in [-0.1, -0.05) is 28.1 Å². The third kappa shape index (κ3) is 4.22. The molecule has 0 aliphatic rings. The number of unbranched alkanes of at least 4 members (excludes halogenated alkanes) is 1. The third-order valence-electron chi connectivity index (χ3n) is 2.87. The van der Waals surface area contributed by atoms with Crippen LogP contribution in [0, 0.1) is 0 Å². The van der Waals surface area contributed by atoms with Crippen molar-refractivity contribution in [3.8, 4) is 0 Å². The average molecular weight is 341 g/mol. The standard InChI is InChI=1S/C15H15BrClNO/c16-13-6-4-12-10-14(7-5-11(12)9-13)18-15(19)3-1-2-8-17/h4-7,9-10H,1-3,8H2,(H,18,19). The first-order valence-corrected chi connectivity index (χ1v) is 7.57. The zero-order valence-electron chi connectivity index (χ0n) is 10.5. The zero-order valence-corrected chi connectivity index (χ0v) is 12.8. The maximum atomic E-state index is 11.7. The van der Waals surface area contributed by atoms with E-state index in [0.717, 1.165) is 33.8 Å². The van der Waals surface area contributed by atoms with Gasteiger partial charge in [-0.05, 0) is 47.9 Å². The molecule has 0 bridgehead atoms. The van der Waals surface area contributed by atoms with Gasteiger partial charge in [-0.25, -0.2) is 0 Å². The lowest BCUT2D eigenvalue weighted by atomic mass is 10.1. The van der Waals surface area contributed by atoms with Crippen LogP contribution in [-0.4, -0.2) is 11.8 Å². The summed E-state index contributed by atoms with van der Waals surface area (Å²) in [7, 11) is 0. The Balaban J connectivity index is 2.05. The maximum Gasteiger partial charge on any atom is 0.224 e. The molecule has 0 radical (unpaired) electrons. The highest BCUT2D eigenvalue weighted by atomic mass is 79.9. The Kier molecular flexibility index (Phi) is 5.23. The molecule has 0 unspecified atom stereocenters. The number of halogens is 2. The fourth-order valence-electron chi connectivity index (χ4n) is 1.90. The molecular formula is C15H15BrClNO. The predicted molar refractivity (Wildman–Crippen MR) is 84.8 cm³/mol. The van der Waals surface area contributed by atoms with Crippen molar-refractivity contribution in [1.29, 1.82) is 0 Å². The summed E-state index contributed by atoms with van der Waals surface area (Å²) in [5, 5.41) is 5.17. The van der Waals surface area contributed by atoms with E-state index in [1.54, 1.807) is 0 Å². The summed E-state index contributed by atoms with van der Waals surface area (Å²) in [5.74, 6) is 0.652. The Hall–Kier alpha value is -1.06. The second-order valence-corrected chi connectivity index (χ2v) is 5.69. The highest BCUT2D eigenvalue weighted by Crippen LogP contribution is 2.23. The molecule has 0 aliphatic heterocycles. The van der Waals surface area contributed by atoms with Gasteiger partial charge in [0.05, 0.1) is 0 Å². The van der Waals surface area contributed by atoms with E-state index in [2.05, 4.69) is 27.3 Å². The van der Waals surface area contributed by atoms with Crippen molar-refractivity contribution in [2.24, 2.45) is 0 Å². The molecule has 2 aromatic rings. The average Bonchev–Trinajstić information content (AvgIpc) is 2.39. The molecule has 0 spiro atoms. The van der Waals surface area contributed by atoms with E-state index >= 15 is 0 Å². The molecule has 0 saturated carbocycles. The summed E-state index contributed by atoms with van der Waals surface area (Å²) in [6.07, 6.45) is 2.22. The maximum absolute atomic E-state index is 11.7. The lowest BCUT2D eigenvalue weighted by molar-refractivity contribution is -0.116. The number of benzene rings is 2. The highest BCUT2D eigenvalue weighted by Gasteiger charge is 2.03. The summed E-state index contributed by atoms with van der Waals surface area (Å²) in [4.78, 5) is 11.7. The number of carbonyl (C=O) groups excluding carboxylic acids is 1. The first-order valence-electron chi connectivity index (χ1n) is 6.24. The monoisotopic (exact) mass is 339 g/mol. The van der Waals surface area contributed by atoms with Crippen molar-refractivity contribution in [2.75, 3.05) is 11.2 Å². The molecule has 0 heterocycles. The number of nitrogens with one attached hydrogen (secondary N) is 1. The summed E-state index contributed by atoms with van der Waals surface area (Å²) < 4.78 is 1.05. The van der Waals surface area contributed by atoms with Crippen LogP contribution in [0.3, 0.4) is 0 Å². The number of rotatable bonds is 5. The smallest absolute Gasteiger partial charge is 0.224 e. The van der Waals surface area contributed by atoms with E-state index in [0.29, 0.717) is 12.3 Å². The number of hydrogen-bond acceptors (Lipinski definition) is 1. The van der Waals surface area contributed by atoms with Gasteiger partial charge < -0.3 is 5.32 Å². The molecule has 0 saturated heterocycles. The molecule has 2 aromatic carbocycles. The summed E-state index contributed by atoms with van der Waals surface area (Å²) in [6, 6.07) is 12.0. The Bertz CT molecular complexity index is 585. The van der Waals surface area contributed by atoms with Crippen molar-refractivity contribution in [1.82, 2.24) is 0 Å². The number of alkyl halides is 1. The first-order chi connectivity index (χ1) is 9.19. The molecule has 1 amide bonds. The molecule has 0 fully saturated rings. The van der Waals surface area contributed by atoms with Gasteiger partial charge in [0.2, 0.25) is 5.91 Å². The van der Waals surface area contributed by atoms with Crippen LogP contribution in [0.4, 0.5) is 5.69 Å². The second kappa shape index (κ2) is 6.92. The molecule has 2 rings (SSSR count). The van der Waals surface area contributed by atoms with E-state index in [1.807, 2.05) is 30.3 Å². The molecule has 0 aliphatic carbocycles. The lowest BCUT2D eigenvalue weighted by Crippen LogP contribution is -2.10. The second-order valence-electron chi connectivity index (χ2n) is 4.40. The summed E-state index contributed by atoms with van der Waals surface area (Å²) in [5.41, 5.74) is 0.839. The van der Waals surface area contributed by atoms with Crippen molar-refractivity contribution in [3.05, 3.63) is 40.9 Å². The van der Waals surface area contributed by atoms with E-state index in [9.17, 15) is 4.79 Å². The predicted octanol–water partition coefficient (Wildman–Crippen LogP) is 4.95. The van der Waals surface area contributed by atoms with Crippen molar-refractivity contribution in [3.63, 3.8) is 0 Å². The van der Waals surface area contributed by atoms with Gasteiger partial charge in [0, 0.05) is 22.5 Å².